The molecule has 1 aliphatic carbocycles. The van der Waals surface area contributed by atoms with E-state index >= 15 is 0 Å². The van der Waals surface area contributed by atoms with Crippen molar-refractivity contribution in [1.82, 2.24) is 5.32 Å². The first-order valence-corrected chi connectivity index (χ1v) is 7.40. The maximum atomic E-state index is 12.0. The molecule has 16 heavy (non-hydrogen) atoms. The smallest absolute Gasteiger partial charge is 0.233 e. The second-order valence-corrected chi connectivity index (χ2v) is 5.92. The Morgan fingerprint density at radius 2 is 2.25 bits per heavy atom. The zero-order valence-electron chi connectivity index (χ0n) is 9.91. The van der Waals surface area contributed by atoms with Crippen molar-refractivity contribution >= 4 is 34.9 Å². The summed E-state index contributed by atoms with van der Waals surface area (Å²) in [7, 11) is 0. The lowest BCUT2D eigenvalue weighted by atomic mass is 9.68. The molecule has 0 bridgehead atoms. The molecule has 1 rings (SSSR count). The second kappa shape index (κ2) is 5.87. The molecule has 0 aromatic rings. The molecule has 3 N–H and O–H groups in total. The Bertz CT molecular complexity index is 277. The second-order valence-electron chi connectivity index (χ2n) is 4.57. The van der Waals surface area contributed by atoms with Gasteiger partial charge in [0.2, 0.25) is 5.91 Å². The maximum absolute atomic E-state index is 12.0. The summed E-state index contributed by atoms with van der Waals surface area (Å²) in [4.78, 5) is 12.4. The van der Waals surface area contributed by atoms with Gasteiger partial charge < -0.3 is 11.1 Å². The molecule has 0 aromatic heterocycles. The lowest BCUT2D eigenvalue weighted by Crippen LogP contribution is -2.53. The fourth-order valence-electron chi connectivity index (χ4n) is 1.90. The summed E-state index contributed by atoms with van der Waals surface area (Å²) < 4.78 is 0. The normalized spacial score (nSPS) is 19.6. The highest BCUT2D eigenvalue weighted by molar-refractivity contribution is 7.98. The number of rotatable bonds is 6. The van der Waals surface area contributed by atoms with Gasteiger partial charge in [0.15, 0.2) is 0 Å². The first-order chi connectivity index (χ1) is 7.53. The summed E-state index contributed by atoms with van der Waals surface area (Å²) in [5.41, 5.74) is 5.13. The third kappa shape index (κ3) is 2.88. The quantitative estimate of drug-likeness (QED) is 0.712. The minimum Gasteiger partial charge on any atom is -0.392 e. The highest BCUT2D eigenvalue weighted by atomic mass is 32.2. The van der Waals surface area contributed by atoms with Gasteiger partial charge in [0.1, 0.15) is 0 Å². The van der Waals surface area contributed by atoms with E-state index in [1.54, 1.807) is 11.8 Å². The van der Waals surface area contributed by atoms with Crippen molar-refractivity contribution in [2.45, 2.75) is 26.2 Å². The highest BCUT2D eigenvalue weighted by Gasteiger charge is 2.46. The van der Waals surface area contributed by atoms with Crippen LogP contribution in [0, 0.1) is 11.3 Å². The molecular weight excluding hydrogens is 240 g/mol. The third-order valence-corrected chi connectivity index (χ3v) is 4.47. The lowest BCUT2D eigenvalue weighted by molar-refractivity contribution is -0.130. The van der Waals surface area contributed by atoms with Crippen molar-refractivity contribution in [1.29, 1.82) is 0 Å². The van der Waals surface area contributed by atoms with Gasteiger partial charge in [-0.25, -0.2) is 0 Å². The molecule has 0 radical (unpaired) electrons. The summed E-state index contributed by atoms with van der Waals surface area (Å²) in [5, 5.41) is 2.97. The van der Waals surface area contributed by atoms with Crippen LogP contribution < -0.4 is 11.1 Å². The molecule has 1 aliphatic rings. The predicted molar refractivity (Wildman–Crippen MR) is 73.6 cm³/mol. The van der Waals surface area contributed by atoms with Crippen LogP contribution in [0.25, 0.3) is 0 Å². The molecule has 0 saturated heterocycles. The fraction of sp³-hybridized carbons (Fsp3) is 0.818. The Morgan fingerprint density at radius 3 is 2.62 bits per heavy atom. The molecule has 1 amide bonds. The van der Waals surface area contributed by atoms with Crippen molar-refractivity contribution in [2.75, 3.05) is 18.6 Å². The van der Waals surface area contributed by atoms with Crippen LogP contribution in [0.1, 0.15) is 26.2 Å². The first kappa shape index (κ1) is 13.8. The largest absolute Gasteiger partial charge is 0.392 e. The first-order valence-electron chi connectivity index (χ1n) is 5.60. The van der Waals surface area contributed by atoms with Gasteiger partial charge in [0.05, 0.1) is 10.4 Å². The molecule has 0 aliphatic heterocycles. The van der Waals surface area contributed by atoms with Gasteiger partial charge in [0.25, 0.3) is 0 Å². The lowest BCUT2D eigenvalue weighted by Gasteiger charge is -2.39. The molecule has 3 nitrogen and oxygen atoms in total. The van der Waals surface area contributed by atoms with Crippen molar-refractivity contribution in [2.24, 2.45) is 17.1 Å². The number of hydrogen-bond donors (Lipinski definition) is 2. The van der Waals surface area contributed by atoms with E-state index in [-0.39, 0.29) is 5.91 Å². The van der Waals surface area contributed by atoms with Gasteiger partial charge in [-0.1, -0.05) is 25.6 Å². The summed E-state index contributed by atoms with van der Waals surface area (Å²) in [6.45, 7) is 2.84. The van der Waals surface area contributed by atoms with Crippen molar-refractivity contribution in [3.05, 3.63) is 0 Å². The Balaban J connectivity index is 2.42. The van der Waals surface area contributed by atoms with E-state index in [1.807, 2.05) is 0 Å². The molecule has 0 spiro atoms. The molecule has 1 unspecified atom stereocenters. The Labute approximate surface area is 107 Å². The number of thioether (sulfide) groups is 1. The highest BCUT2D eigenvalue weighted by Crippen LogP contribution is 2.41. The fourth-order valence-corrected chi connectivity index (χ4v) is 2.88. The van der Waals surface area contributed by atoms with Crippen LogP contribution in [-0.2, 0) is 4.79 Å². The van der Waals surface area contributed by atoms with E-state index < -0.39 is 5.41 Å². The predicted octanol–water partition coefficient (Wildman–Crippen LogP) is 1.56. The SMILES string of the molecule is CSCC(C)CNC(=O)C1(C(N)=S)CCC1. The van der Waals surface area contributed by atoms with Crippen LogP contribution in [0.15, 0.2) is 0 Å². The van der Waals surface area contributed by atoms with Crippen LogP contribution in [0.4, 0.5) is 0 Å². The van der Waals surface area contributed by atoms with Crippen molar-refractivity contribution in [3.63, 3.8) is 0 Å². The van der Waals surface area contributed by atoms with E-state index in [4.69, 9.17) is 18.0 Å². The number of amides is 1. The third-order valence-electron chi connectivity index (χ3n) is 3.18. The standard InChI is InChI=1S/C11H20N2OS2/c1-8(7-16-2)6-13-10(14)11(9(12)15)4-3-5-11/h8H,3-7H2,1-2H3,(H2,12,15)(H,13,14). The minimum absolute atomic E-state index is 0.0270. The Kier molecular flexibility index (Phi) is 5.05. The summed E-state index contributed by atoms with van der Waals surface area (Å²) in [6, 6.07) is 0. The van der Waals surface area contributed by atoms with Crippen molar-refractivity contribution in [3.8, 4) is 0 Å². The van der Waals surface area contributed by atoms with Gasteiger partial charge in [0, 0.05) is 6.54 Å². The monoisotopic (exact) mass is 260 g/mol. The zero-order valence-corrected chi connectivity index (χ0v) is 11.5. The van der Waals surface area contributed by atoms with Crippen LogP contribution in [0.3, 0.4) is 0 Å². The van der Waals surface area contributed by atoms with Gasteiger partial charge in [-0.15, -0.1) is 0 Å². The van der Waals surface area contributed by atoms with Crippen LogP contribution in [-0.4, -0.2) is 29.4 Å². The molecule has 92 valence electrons. The van der Waals surface area contributed by atoms with E-state index in [2.05, 4.69) is 18.5 Å². The van der Waals surface area contributed by atoms with E-state index in [1.165, 1.54) is 0 Å². The average Bonchev–Trinajstić information content (AvgIpc) is 2.12. The Hall–Kier alpha value is -0.290. The van der Waals surface area contributed by atoms with E-state index in [0.717, 1.165) is 25.0 Å². The van der Waals surface area contributed by atoms with Crippen molar-refractivity contribution < 1.29 is 4.79 Å². The summed E-state index contributed by atoms with van der Waals surface area (Å²) in [6.07, 6.45) is 4.74. The average molecular weight is 260 g/mol. The number of nitrogens with two attached hydrogens (primary N) is 1. The molecular formula is C11H20N2OS2. The molecule has 0 heterocycles. The summed E-state index contributed by atoms with van der Waals surface area (Å²) >= 11 is 6.79. The molecule has 5 heteroatoms. The van der Waals surface area contributed by atoms with Gasteiger partial charge in [-0.3, -0.25) is 4.79 Å². The molecule has 1 atom stereocenters. The zero-order chi connectivity index (χ0) is 12.2. The topological polar surface area (TPSA) is 55.1 Å². The molecule has 0 aromatic carbocycles. The Morgan fingerprint density at radius 1 is 1.62 bits per heavy atom. The molecule has 1 fully saturated rings. The van der Waals surface area contributed by atoms with Gasteiger partial charge >= 0.3 is 0 Å². The van der Waals surface area contributed by atoms with Crippen LogP contribution in [0.5, 0.6) is 0 Å². The van der Waals surface area contributed by atoms with Gasteiger partial charge in [-0.05, 0) is 30.8 Å². The number of thiocarbonyl (C=S) groups is 1. The van der Waals surface area contributed by atoms with Crippen LogP contribution >= 0.6 is 24.0 Å². The van der Waals surface area contributed by atoms with E-state index in [0.29, 0.717) is 17.5 Å². The van der Waals surface area contributed by atoms with Crippen LogP contribution in [0.2, 0.25) is 0 Å². The minimum atomic E-state index is -0.533. The number of carbonyl (C=O) groups excluding carboxylic acids is 1. The number of nitrogens with one attached hydrogen (secondary N) is 1. The van der Waals surface area contributed by atoms with Gasteiger partial charge in [-0.2, -0.15) is 11.8 Å². The molecule has 1 saturated carbocycles. The number of carbonyl (C=O) groups is 1. The number of hydrogen-bond acceptors (Lipinski definition) is 3. The van der Waals surface area contributed by atoms with E-state index in [9.17, 15) is 4.79 Å². The summed E-state index contributed by atoms with van der Waals surface area (Å²) in [5.74, 6) is 1.57. The maximum Gasteiger partial charge on any atom is 0.233 e.